The molecule has 3 rings (SSSR count). The van der Waals surface area contributed by atoms with E-state index < -0.39 is 0 Å². The Morgan fingerprint density at radius 3 is 2.76 bits per heavy atom. The van der Waals surface area contributed by atoms with E-state index in [-0.39, 0.29) is 10.3 Å². The first kappa shape index (κ1) is 14.2. The van der Waals surface area contributed by atoms with Crippen LogP contribution < -0.4 is 5.73 Å². The largest absolute Gasteiger partial charge is 0.393 e. The summed E-state index contributed by atoms with van der Waals surface area (Å²) < 4.78 is 1.84. The number of halogens is 2. The third kappa shape index (κ3) is 2.70. The molecule has 0 fully saturated rings. The van der Waals surface area contributed by atoms with Crippen LogP contribution in [0.4, 0.5) is 0 Å². The third-order valence-corrected chi connectivity index (χ3v) is 3.50. The quantitative estimate of drug-likeness (QED) is 0.744. The van der Waals surface area contributed by atoms with E-state index in [0.29, 0.717) is 22.9 Å². The van der Waals surface area contributed by atoms with Gasteiger partial charge in [0, 0.05) is 6.07 Å². The lowest BCUT2D eigenvalue weighted by molar-refractivity contribution is 0.933. The van der Waals surface area contributed by atoms with E-state index in [1.165, 1.54) is 0 Å². The van der Waals surface area contributed by atoms with E-state index in [4.69, 9.17) is 41.2 Å². The molecule has 0 aliphatic carbocycles. The average Bonchev–Trinajstić information content (AvgIpc) is 2.78. The molecule has 2 aromatic heterocycles. The van der Waals surface area contributed by atoms with Crippen molar-refractivity contribution in [2.24, 2.45) is 5.73 Å². The first-order chi connectivity index (χ1) is 10.1. The van der Waals surface area contributed by atoms with Gasteiger partial charge in [-0.3, -0.25) is 4.57 Å². The molecule has 0 spiro atoms. The third-order valence-electron chi connectivity index (χ3n) is 2.90. The van der Waals surface area contributed by atoms with Crippen molar-refractivity contribution in [1.29, 1.82) is 0 Å². The zero-order chi connectivity index (χ0) is 15.0. The molecule has 0 unspecified atom stereocenters. The number of hydrogen-bond donors (Lipinski definition) is 1. The van der Waals surface area contributed by atoms with Crippen LogP contribution in [0.2, 0.25) is 10.3 Å². The standard InChI is InChI=1S/C13H9Cl2N5S/c14-10-5-9(13(15)19-18-10)20-8-4-2-1-3-7(8)17-12(20)6-11(16)21/h1-5H,6H2,(H2,16,21). The van der Waals surface area contributed by atoms with Gasteiger partial charge in [0.05, 0.1) is 28.1 Å². The van der Waals surface area contributed by atoms with Crippen LogP contribution in [0.25, 0.3) is 16.7 Å². The van der Waals surface area contributed by atoms with Gasteiger partial charge in [-0.05, 0) is 12.1 Å². The molecule has 0 aliphatic heterocycles. The number of rotatable bonds is 3. The Labute approximate surface area is 135 Å². The molecule has 5 nitrogen and oxygen atoms in total. The summed E-state index contributed by atoms with van der Waals surface area (Å²) in [7, 11) is 0. The summed E-state index contributed by atoms with van der Waals surface area (Å²) in [6.07, 6.45) is 0.348. The van der Waals surface area contributed by atoms with Crippen molar-refractivity contribution in [2.75, 3.05) is 0 Å². The number of hydrogen-bond acceptors (Lipinski definition) is 4. The van der Waals surface area contributed by atoms with Gasteiger partial charge in [0.2, 0.25) is 0 Å². The van der Waals surface area contributed by atoms with Crippen LogP contribution >= 0.6 is 35.4 Å². The molecule has 0 radical (unpaired) electrons. The fourth-order valence-electron chi connectivity index (χ4n) is 2.12. The highest BCUT2D eigenvalue weighted by Gasteiger charge is 2.16. The maximum Gasteiger partial charge on any atom is 0.175 e. The Morgan fingerprint density at radius 1 is 1.24 bits per heavy atom. The number of para-hydroxylation sites is 2. The molecule has 8 heteroatoms. The number of thiocarbonyl (C=S) groups is 1. The number of nitrogens with zero attached hydrogens (tertiary/aromatic N) is 4. The van der Waals surface area contributed by atoms with E-state index in [9.17, 15) is 0 Å². The predicted molar refractivity (Wildman–Crippen MR) is 87.2 cm³/mol. The van der Waals surface area contributed by atoms with Crippen LogP contribution in [-0.4, -0.2) is 24.7 Å². The molecule has 0 aliphatic rings. The number of nitrogens with two attached hydrogens (primary N) is 1. The highest BCUT2D eigenvalue weighted by molar-refractivity contribution is 7.80. The summed E-state index contributed by atoms with van der Waals surface area (Å²) in [5, 5.41) is 8.02. The lowest BCUT2D eigenvalue weighted by Crippen LogP contribution is -2.15. The molecular formula is C13H9Cl2N5S. The van der Waals surface area contributed by atoms with E-state index >= 15 is 0 Å². The zero-order valence-electron chi connectivity index (χ0n) is 10.6. The van der Waals surface area contributed by atoms with E-state index in [0.717, 1.165) is 11.0 Å². The summed E-state index contributed by atoms with van der Waals surface area (Å²) in [6, 6.07) is 9.28. The Kier molecular flexibility index (Phi) is 3.75. The number of aromatic nitrogens is 4. The summed E-state index contributed by atoms with van der Waals surface area (Å²) in [5.41, 5.74) is 7.93. The topological polar surface area (TPSA) is 69.6 Å². The molecule has 2 N–H and O–H groups in total. The molecule has 21 heavy (non-hydrogen) atoms. The Bertz CT molecular complexity index is 846. The Balaban J connectivity index is 2.33. The van der Waals surface area contributed by atoms with Crippen molar-refractivity contribution in [2.45, 2.75) is 6.42 Å². The van der Waals surface area contributed by atoms with Gasteiger partial charge in [-0.1, -0.05) is 47.6 Å². The lowest BCUT2D eigenvalue weighted by atomic mass is 10.3. The molecule has 106 valence electrons. The fraction of sp³-hybridized carbons (Fsp3) is 0.0769. The Morgan fingerprint density at radius 2 is 2.00 bits per heavy atom. The minimum absolute atomic E-state index is 0.228. The number of benzene rings is 1. The SMILES string of the molecule is NC(=S)Cc1nc2ccccc2n1-c1cc(Cl)nnc1Cl. The van der Waals surface area contributed by atoms with Gasteiger partial charge < -0.3 is 5.73 Å². The second kappa shape index (κ2) is 5.55. The molecule has 0 saturated heterocycles. The average molecular weight is 338 g/mol. The lowest BCUT2D eigenvalue weighted by Gasteiger charge is -2.10. The monoisotopic (exact) mass is 337 g/mol. The summed E-state index contributed by atoms with van der Waals surface area (Å²) in [5.74, 6) is 0.676. The van der Waals surface area contributed by atoms with Crippen molar-refractivity contribution < 1.29 is 0 Å². The van der Waals surface area contributed by atoms with Crippen LogP contribution in [0.15, 0.2) is 30.3 Å². The van der Waals surface area contributed by atoms with Gasteiger partial charge in [-0.2, -0.15) is 0 Å². The van der Waals surface area contributed by atoms with Gasteiger partial charge >= 0.3 is 0 Å². The highest BCUT2D eigenvalue weighted by Crippen LogP contribution is 2.27. The first-order valence-corrected chi connectivity index (χ1v) is 7.16. The zero-order valence-corrected chi connectivity index (χ0v) is 13.0. The summed E-state index contributed by atoms with van der Waals surface area (Å²) in [4.78, 5) is 4.89. The molecule has 0 atom stereocenters. The second-order valence-electron chi connectivity index (χ2n) is 4.34. The van der Waals surface area contributed by atoms with Crippen molar-refractivity contribution >= 4 is 51.4 Å². The van der Waals surface area contributed by atoms with Crippen LogP contribution in [0, 0.1) is 0 Å². The molecule has 1 aromatic carbocycles. The summed E-state index contributed by atoms with van der Waals surface area (Å²) >= 11 is 17.1. The van der Waals surface area contributed by atoms with Crippen molar-refractivity contribution in [3.63, 3.8) is 0 Å². The molecular weight excluding hydrogens is 329 g/mol. The van der Waals surface area contributed by atoms with Gasteiger partial charge in [0.1, 0.15) is 5.82 Å². The van der Waals surface area contributed by atoms with E-state index in [2.05, 4.69) is 15.2 Å². The van der Waals surface area contributed by atoms with Crippen molar-refractivity contribution in [3.8, 4) is 5.69 Å². The Hall–Kier alpha value is -1.76. The minimum atomic E-state index is 0.228. The van der Waals surface area contributed by atoms with Crippen molar-refractivity contribution in [3.05, 3.63) is 46.5 Å². The van der Waals surface area contributed by atoms with Crippen LogP contribution in [0.3, 0.4) is 0 Å². The van der Waals surface area contributed by atoms with Gasteiger partial charge in [0.25, 0.3) is 0 Å². The highest BCUT2D eigenvalue weighted by atomic mass is 35.5. The van der Waals surface area contributed by atoms with Gasteiger partial charge in [-0.15, -0.1) is 10.2 Å². The van der Waals surface area contributed by atoms with Crippen LogP contribution in [-0.2, 0) is 6.42 Å². The second-order valence-corrected chi connectivity index (χ2v) is 5.61. The number of imidazole rings is 1. The normalized spacial score (nSPS) is 11.0. The number of fused-ring (bicyclic) bond motifs is 1. The molecule has 0 saturated carbocycles. The summed E-state index contributed by atoms with van der Waals surface area (Å²) in [6.45, 7) is 0. The van der Waals surface area contributed by atoms with Crippen LogP contribution in [0.5, 0.6) is 0 Å². The van der Waals surface area contributed by atoms with E-state index in [1.807, 2.05) is 28.8 Å². The minimum Gasteiger partial charge on any atom is -0.393 e. The van der Waals surface area contributed by atoms with Gasteiger partial charge in [0.15, 0.2) is 10.3 Å². The first-order valence-electron chi connectivity index (χ1n) is 6.00. The molecule has 2 heterocycles. The maximum absolute atomic E-state index is 6.15. The molecule has 0 bridgehead atoms. The van der Waals surface area contributed by atoms with E-state index in [1.54, 1.807) is 6.07 Å². The smallest absolute Gasteiger partial charge is 0.175 e. The molecule has 3 aromatic rings. The molecule has 0 amide bonds. The van der Waals surface area contributed by atoms with Gasteiger partial charge in [-0.25, -0.2) is 4.98 Å². The maximum atomic E-state index is 6.15. The fourth-order valence-corrected chi connectivity index (χ4v) is 2.57. The van der Waals surface area contributed by atoms with Crippen LogP contribution in [0.1, 0.15) is 5.82 Å². The predicted octanol–water partition coefficient (Wildman–Crippen LogP) is 2.95. The van der Waals surface area contributed by atoms with Crippen molar-refractivity contribution in [1.82, 2.24) is 19.7 Å².